The summed E-state index contributed by atoms with van der Waals surface area (Å²) < 4.78 is 5.28. The van der Waals surface area contributed by atoms with Gasteiger partial charge in [0.25, 0.3) is 0 Å². The Kier molecular flexibility index (Phi) is 6.26. The van der Waals surface area contributed by atoms with Gasteiger partial charge < -0.3 is 9.64 Å². The second kappa shape index (κ2) is 9.67. The molecule has 2 unspecified atom stereocenters. The Balaban J connectivity index is 1.66. The molecule has 4 aromatic carbocycles. The van der Waals surface area contributed by atoms with Crippen molar-refractivity contribution in [2.24, 2.45) is 0 Å². The van der Waals surface area contributed by atoms with E-state index in [4.69, 9.17) is 4.74 Å². The number of methoxy groups -OCH3 is 1. The van der Waals surface area contributed by atoms with Crippen LogP contribution in [0.4, 0.5) is 5.69 Å². The first-order valence-electron chi connectivity index (χ1n) is 11.9. The van der Waals surface area contributed by atoms with Gasteiger partial charge in [-0.05, 0) is 42.3 Å². The minimum atomic E-state index is -1.36. The van der Waals surface area contributed by atoms with Gasteiger partial charge in [-0.2, -0.15) is 0 Å². The van der Waals surface area contributed by atoms with Crippen LogP contribution in [0.5, 0.6) is 5.75 Å². The molecular formula is C32H27NO3. The highest BCUT2D eigenvalue weighted by molar-refractivity contribution is 6.29. The molecular weight excluding hydrogens is 446 g/mol. The van der Waals surface area contributed by atoms with Crippen LogP contribution in [0, 0.1) is 6.92 Å². The quantitative estimate of drug-likeness (QED) is 0.181. The molecule has 0 spiro atoms. The van der Waals surface area contributed by atoms with Gasteiger partial charge >= 0.3 is 0 Å². The number of anilines is 1. The van der Waals surface area contributed by atoms with Gasteiger partial charge in [-0.3, -0.25) is 9.59 Å². The third-order valence-corrected chi connectivity index (χ3v) is 6.80. The number of hydrogen-bond acceptors (Lipinski definition) is 3. The molecule has 0 aromatic heterocycles. The molecule has 36 heavy (non-hydrogen) atoms. The molecule has 0 N–H and O–H groups in total. The minimum absolute atomic E-state index is 0.202. The summed E-state index contributed by atoms with van der Waals surface area (Å²) in [6, 6.07) is 33.5. The van der Waals surface area contributed by atoms with Crippen LogP contribution in [0.2, 0.25) is 0 Å². The molecule has 178 valence electrons. The fraction of sp³-hybridized carbons (Fsp3) is 0.125. The van der Waals surface area contributed by atoms with Gasteiger partial charge in [0.15, 0.2) is 11.2 Å². The maximum absolute atomic E-state index is 14.2. The predicted octanol–water partition coefficient (Wildman–Crippen LogP) is 6.25. The Morgan fingerprint density at radius 3 is 2.06 bits per heavy atom. The second-order valence-electron chi connectivity index (χ2n) is 8.96. The van der Waals surface area contributed by atoms with Gasteiger partial charge in [0.05, 0.1) is 13.2 Å². The molecule has 0 bridgehead atoms. The van der Waals surface area contributed by atoms with Gasteiger partial charge in [-0.1, -0.05) is 103 Å². The lowest BCUT2D eigenvalue weighted by atomic mass is 9.61. The SMILES string of the molecule is COc1ccc(/C=C/C2N(c3ccc(C)cc3)C(=O)C2(C(=O)c2ccccc2)c2ccccc2)cc1. The molecule has 0 saturated carbocycles. The Morgan fingerprint density at radius 1 is 0.833 bits per heavy atom. The molecule has 1 aliphatic rings. The van der Waals surface area contributed by atoms with E-state index in [0.717, 1.165) is 22.6 Å². The Morgan fingerprint density at radius 2 is 1.44 bits per heavy atom. The molecule has 0 aliphatic carbocycles. The molecule has 1 fully saturated rings. The van der Waals surface area contributed by atoms with E-state index in [0.29, 0.717) is 11.1 Å². The number of Topliss-reactive ketones (excluding diaryl/α,β-unsaturated/α-hetero) is 1. The molecule has 1 heterocycles. The summed E-state index contributed by atoms with van der Waals surface area (Å²) in [5.74, 6) is 0.341. The summed E-state index contributed by atoms with van der Waals surface area (Å²) in [4.78, 5) is 30.1. The second-order valence-corrected chi connectivity index (χ2v) is 8.96. The number of carbonyl (C=O) groups is 2. The normalized spacial score (nSPS) is 19.2. The zero-order valence-corrected chi connectivity index (χ0v) is 20.3. The van der Waals surface area contributed by atoms with Gasteiger partial charge in [0.2, 0.25) is 5.91 Å². The number of hydrogen-bond donors (Lipinski definition) is 0. The largest absolute Gasteiger partial charge is 0.497 e. The third-order valence-electron chi connectivity index (χ3n) is 6.80. The number of rotatable bonds is 7. The zero-order chi connectivity index (χ0) is 25.1. The highest BCUT2D eigenvalue weighted by Gasteiger charge is 2.65. The first-order valence-corrected chi connectivity index (χ1v) is 11.9. The predicted molar refractivity (Wildman–Crippen MR) is 143 cm³/mol. The van der Waals surface area contributed by atoms with Gasteiger partial charge in [-0.15, -0.1) is 0 Å². The summed E-state index contributed by atoms with van der Waals surface area (Å²) in [6.07, 6.45) is 3.94. The number of amides is 1. The van der Waals surface area contributed by atoms with Crippen LogP contribution in [0.1, 0.15) is 27.0 Å². The molecule has 4 nitrogen and oxygen atoms in total. The summed E-state index contributed by atoms with van der Waals surface area (Å²) in [7, 11) is 1.63. The molecule has 1 saturated heterocycles. The highest BCUT2D eigenvalue weighted by atomic mass is 16.5. The molecule has 5 rings (SSSR count). The molecule has 2 atom stereocenters. The van der Waals surface area contributed by atoms with E-state index in [1.54, 1.807) is 24.1 Å². The van der Waals surface area contributed by atoms with Crippen LogP contribution in [0.3, 0.4) is 0 Å². The summed E-state index contributed by atoms with van der Waals surface area (Å²) in [5.41, 5.74) is 2.66. The van der Waals surface area contributed by atoms with E-state index in [-0.39, 0.29) is 11.7 Å². The highest BCUT2D eigenvalue weighted by Crippen LogP contribution is 2.48. The van der Waals surface area contributed by atoms with Crippen LogP contribution in [0.25, 0.3) is 6.08 Å². The molecule has 4 aromatic rings. The fourth-order valence-corrected chi connectivity index (χ4v) is 4.88. The number of β-lactam (4-membered cyclic amide) rings is 1. The van der Waals surface area contributed by atoms with Crippen molar-refractivity contribution in [1.29, 1.82) is 0 Å². The molecule has 0 radical (unpaired) electrons. The molecule has 1 aliphatic heterocycles. The lowest BCUT2D eigenvalue weighted by Gasteiger charge is -2.54. The smallest absolute Gasteiger partial charge is 0.248 e. The summed E-state index contributed by atoms with van der Waals surface area (Å²) in [5, 5.41) is 0. The van der Waals surface area contributed by atoms with Crippen molar-refractivity contribution in [1.82, 2.24) is 0 Å². The Labute approximate surface area is 211 Å². The van der Waals surface area contributed by atoms with Crippen LogP contribution >= 0.6 is 0 Å². The lowest BCUT2D eigenvalue weighted by molar-refractivity contribution is -0.129. The average Bonchev–Trinajstić information content (AvgIpc) is 2.93. The zero-order valence-electron chi connectivity index (χ0n) is 20.3. The number of ether oxygens (including phenoxy) is 1. The van der Waals surface area contributed by atoms with Gasteiger partial charge in [-0.25, -0.2) is 0 Å². The van der Waals surface area contributed by atoms with Crippen LogP contribution in [0.15, 0.2) is 115 Å². The van der Waals surface area contributed by atoms with Crippen molar-refractivity contribution >= 4 is 23.5 Å². The third kappa shape index (κ3) is 3.91. The molecule has 1 amide bonds. The van der Waals surface area contributed by atoms with Crippen molar-refractivity contribution in [3.05, 3.63) is 138 Å². The minimum Gasteiger partial charge on any atom is -0.497 e. The van der Waals surface area contributed by atoms with E-state index in [9.17, 15) is 9.59 Å². The van der Waals surface area contributed by atoms with Gasteiger partial charge in [0, 0.05) is 11.3 Å². The first kappa shape index (κ1) is 23.3. The lowest BCUT2D eigenvalue weighted by Crippen LogP contribution is -2.74. The number of nitrogens with zero attached hydrogens (tertiary/aromatic N) is 1. The standard InChI is InChI=1S/C32H27NO3/c1-23-13-18-27(19-14-23)33-29(22-17-24-15-20-28(36-2)21-16-24)32(31(33)35,26-11-7-4-8-12-26)30(34)25-9-5-3-6-10-25/h3-22,29H,1-2H3/b22-17+. The molecule has 4 heteroatoms. The van der Waals surface area contributed by atoms with Gasteiger partial charge in [0.1, 0.15) is 5.75 Å². The van der Waals surface area contributed by atoms with E-state index in [1.807, 2.05) is 116 Å². The average molecular weight is 474 g/mol. The van der Waals surface area contributed by atoms with Crippen LogP contribution in [-0.2, 0) is 10.2 Å². The number of carbonyl (C=O) groups excluding carboxylic acids is 2. The van der Waals surface area contributed by atoms with Crippen molar-refractivity contribution in [2.75, 3.05) is 12.0 Å². The number of ketones is 1. The topological polar surface area (TPSA) is 46.6 Å². The summed E-state index contributed by atoms with van der Waals surface area (Å²) in [6.45, 7) is 2.01. The Bertz CT molecular complexity index is 1390. The maximum Gasteiger partial charge on any atom is 0.248 e. The number of aryl methyl sites for hydroxylation is 1. The Hall–Kier alpha value is -4.44. The van der Waals surface area contributed by atoms with E-state index < -0.39 is 11.5 Å². The van der Waals surface area contributed by atoms with Crippen molar-refractivity contribution in [3.8, 4) is 5.75 Å². The van der Waals surface area contributed by atoms with Crippen molar-refractivity contribution in [3.63, 3.8) is 0 Å². The first-order chi connectivity index (χ1) is 17.6. The number of benzene rings is 4. The monoisotopic (exact) mass is 473 g/mol. The van der Waals surface area contributed by atoms with E-state index in [2.05, 4.69) is 0 Å². The fourth-order valence-electron chi connectivity index (χ4n) is 4.88. The summed E-state index contributed by atoms with van der Waals surface area (Å²) >= 11 is 0. The van der Waals surface area contributed by atoms with Crippen LogP contribution < -0.4 is 9.64 Å². The van der Waals surface area contributed by atoms with E-state index >= 15 is 0 Å². The maximum atomic E-state index is 14.2. The van der Waals surface area contributed by atoms with Crippen LogP contribution in [-0.4, -0.2) is 24.8 Å². The van der Waals surface area contributed by atoms with Crippen molar-refractivity contribution in [2.45, 2.75) is 18.4 Å². The van der Waals surface area contributed by atoms with E-state index in [1.165, 1.54) is 0 Å². The van der Waals surface area contributed by atoms with Crippen molar-refractivity contribution < 1.29 is 14.3 Å².